The van der Waals surface area contributed by atoms with Crippen LogP contribution in [0.15, 0.2) is 24.3 Å². The zero-order valence-electron chi connectivity index (χ0n) is 20.4. The molecule has 10 heteroatoms. The maximum atomic E-state index is 14.2. The first-order chi connectivity index (χ1) is 16.5. The van der Waals surface area contributed by atoms with Crippen molar-refractivity contribution in [2.24, 2.45) is 5.92 Å². The van der Waals surface area contributed by atoms with E-state index in [1.165, 1.54) is 11.2 Å². The maximum absolute atomic E-state index is 14.2. The Morgan fingerprint density at radius 3 is 2.17 bits per heavy atom. The number of sulfonamides is 1. The van der Waals surface area contributed by atoms with Crippen molar-refractivity contribution in [2.45, 2.75) is 101 Å². The summed E-state index contributed by atoms with van der Waals surface area (Å²) in [7, 11) is -4.00. The van der Waals surface area contributed by atoms with Gasteiger partial charge in [-0.05, 0) is 50.7 Å². The van der Waals surface area contributed by atoms with Gasteiger partial charge in [-0.3, -0.25) is 9.10 Å². The molecule has 3 aliphatic rings. The van der Waals surface area contributed by atoms with Crippen LogP contribution in [0.1, 0.15) is 71.6 Å². The molecule has 196 valence electrons. The zero-order chi connectivity index (χ0) is 25.4. The van der Waals surface area contributed by atoms with Gasteiger partial charge < -0.3 is 10.2 Å². The van der Waals surface area contributed by atoms with Gasteiger partial charge in [0.2, 0.25) is 15.9 Å². The second-order valence-corrected chi connectivity index (χ2v) is 12.4. The quantitative estimate of drug-likeness (QED) is 0.616. The molecule has 1 aliphatic carbocycles. The fourth-order valence-corrected chi connectivity index (χ4v) is 8.52. The molecule has 35 heavy (non-hydrogen) atoms. The molecule has 4 atom stereocenters. The number of alkyl halides is 3. The van der Waals surface area contributed by atoms with E-state index in [2.05, 4.69) is 5.32 Å². The summed E-state index contributed by atoms with van der Waals surface area (Å²) in [6.07, 6.45) is 1.75. The minimum absolute atomic E-state index is 0.0376. The molecule has 1 saturated carbocycles. The number of carbonyl (C=O) groups is 1. The van der Waals surface area contributed by atoms with Crippen molar-refractivity contribution in [3.63, 3.8) is 0 Å². The largest absolute Gasteiger partial charge is 0.403 e. The van der Waals surface area contributed by atoms with Gasteiger partial charge in [0.15, 0.2) is 0 Å². The molecular formula is C25H36F3N3O3S. The van der Waals surface area contributed by atoms with Crippen LogP contribution >= 0.6 is 0 Å². The van der Waals surface area contributed by atoms with Crippen LogP contribution in [0.3, 0.4) is 0 Å². The third-order valence-electron chi connectivity index (χ3n) is 7.90. The molecule has 1 N–H and O–H groups in total. The topological polar surface area (TPSA) is 69.7 Å². The second kappa shape index (κ2) is 10.3. The SMILES string of the molecule is CC(=O)N1c2ccccc2N(S(=O)(=O)C2CCC(C(F)(F)F)NC2C2CCCCCCC2)C[C@@H]1C. The van der Waals surface area contributed by atoms with Crippen molar-refractivity contribution in [1.82, 2.24) is 5.32 Å². The van der Waals surface area contributed by atoms with Gasteiger partial charge in [0.25, 0.3) is 0 Å². The number of nitrogens with one attached hydrogen (secondary N) is 1. The minimum atomic E-state index is -4.41. The Morgan fingerprint density at radius 1 is 0.971 bits per heavy atom. The van der Waals surface area contributed by atoms with Gasteiger partial charge in [-0.25, -0.2) is 8.42 Å². The molecule has 3 unspecified atom stereocenters. The Bertz CT molecular complexity index is 1010. The normalized spacial score (nSPS) is 29.3. The fourth-order valence-electron chi connectivity index (χ4n) is 6.23. The molecule has 0 radical (unpaired) electrons. The number of anilines is 2. The molecule has 0 aromatic heterocycles. The molecule has 1 saturated heterocycles. The van der Waals surface area contributed by atoms with Crippen LogP contribution < -0.4 is 14.5 Å². The third kappa shape index (κ3) is 5.33. The summed E-state index contributed by atoms with van der Waals surface area (Å²) in [5.41, 5.74) is 0.928. The van der Waals surface area contributed by atoms with Crippen LogP contribution in [0.4, 0.5) is 24.5 Å². The number of halogens is 3. The van der Waals surface area contributed by atoms with Crippen molar-refractivity contribution in [2.75, 3.05) is 15.7 Å². The van der Waals surface area contributed by atoms with Crippen molar-refractivity contribution in [1.29, 1.82) is 0 Å². The predicted molar refractivity (Wildman–Crippen MR) is 131 cm³/mol. The molecule has 0 spiro atoms. The lowest BCUT2D eigenvalue weighted by Gasteiger charge is -2.46. The Balaban J connectivity index is 1.71. The zero-order valence-corrected chi connectivity index (χ0v) is 21.2. The van der Waals surface area contributed by atoms with Gasteiger partial charge in [-0.1, -0.05) is 44.2 Å². The van der Waals surface area contributed by atoms with E-state index >= 15 is 0 Å². The molecule has 1 aromatic rings. The van der Waals surface area contributed by atoms with Gasteiger partial charge in [-0.15, -0.1) is 0 Å². The number of carbonyl (C=O) groups excluding carboxylic acids is 1. The number of benzene rings is 1. The van der Waals surface area contributed by atoms with Crippen molar-refractivity contribution >= 4 is 27.3 Å². The number of hydrogen-bond acceptors (Lipinski definition) is 4. The highest BCUT2D eigenvalue weighted by atomic mass is 32.2. The summed E-state index contributed by atoms with van der Waals surface area (Å²) in [5, 5.41) is 1.82. The number of fused-ring (bicyclic) bond motifs is 1. The highest BCUT2D eigenvalue weighted by Crippen LogP contribution is 2.42. The van der Waals surface area contributed by atoms with Crippen molar-refractivity contribution in [3.8, 4) is 0 Å². The average Bonchev–Trinajstić information content (AvgIpc) is 2.77. The lowest BCUT2D eigenvalue weighted by Crippen LogP contribution is -2.63. The molecule has 0 bridgehead atoms. The second-order valence-electron chi connectivity index (χ2n) is 10.3. The molecule has 4 rings (SSSR count). The highest BCUT2D eigenvalue weighted by Gasteiger charge is 2.51. The Kier molecular flexibility index (Phi) is 7.71. The Morgan fingerprint density at radius 2 is 1.57 bits per heavy atom. The monoisotopic (exact) mass is 515 g/mol. The fraction of sp³-hybridized carbons (Fsp3) is 0.720. The summed E-state index contributed by atoms with van der Waals surface area (Å²) in [6.45, 7) is 3.32. The van der Waals surface area contributed by atoms with Gasteiger partial charge in [0.1, 0.15) is 6.04 Å². The molecule has 2 fully saturated rings. The third-order valence-corrected chi connectivity index (χ3v) is 10.2. The minimum Gasteiger partial charge on any atom is -0.306 e. The first kappa shape index (κ1) is 26.3. The average molecular weight is 516 g/mol. The standard InChI is InChI=1S/C25H36F3N3O3S/c1-17-16-30(20-12-8-9-13-21(20)31(17)18(2)32)35(33,34)22-14-15-23(25(26,27)28)29-24(22)19-10-6-4-3-5-7-11-19/h8-9,12-13,17,19,22-24,29H,3-7,10-11,14-16H2,1-2H3/t17-,22?,23?,24?/m0/s1. The smallest absolute Gasteiger partial charge is 0.306 e. The first-order valence-electron chi connectivity index (χ1n) is 12.7. The van der Waals surface area contributed by atoms with E-state index in [4.69, 9.17) is 0 Å². The summed E-state index contributed by atoms with van der Waals surface area (Å²) < 4.78 is 70.9. The van der Waals surface area contributed by atoms with E-state index in [1.54, 1.807) is 36.1 Å². The van der Waals surface area contributed by atoms with E-state index in [-0.39, 0.29) is 31.2 Å². The molecular weight excluding hydrogens is 479 g/mol. The Hall–Kier alpha value is -1.81. The van der Waals surface area contributed by atoms with Crippen LogP contribution in [0.25, 0.3) is 0 Å². The van der Waals surface area contributed by atoms with Gasteiger partial charge in [-0.2, -0.15) is 13.2 Å². The van der Waals surface area contributed by atoms with Crippen LogP contribution in [-0.4, -0.2) is 50.4 Å². The van der Waals surface area contributed by atoms with Gasteiger partial charge >= 0.3 is 6.18 Å². The maximum Gasteiger partial charge on any atom is 0.403 e. The van der Waals surface area contributed by atoms with Crippen molar-refractivity contribution in [3.05, 3.63) is 24.3 Å². The van der Waals surface area contributed by atoms with E-state index in [1.807, 2.05) is 0 Å². The number of rotatable bonds is 3. The molecule has 1 amide bonds. The summed E-state index contributed by atoms with van der Waals surface area (Å²) in [5.74, 6) is -0.298. The number of nitrogens with zero attached hydrogens (tertiary/aromatic N) is 2. The first-order valence-corrected chi connectivity index (χ1v) is 14.2. The van der Waals surface area contributed by atoms with Gasteiger partial charge in [0, 0.05) is 13.0 Å². The molecule has 1 aromatic carbocycles. The molecule has 2 heterocycles. The van der Waals surface area contributed by atoms with Crippen LogP contribution in [-0.2, 0) is 14.8 Å². The summed E-state index contributed by atoms with van der Waals surface area (Å²) in [4.78, 5) is 13.9. The van der Waals surface area contributed by atoms with Crippen LogP contribution in [0.5, 0.6) is 0 Å². The highest BCUT2D eigenvalue weighted by molar-refractivity contribution is 7.93. The molecule has 6 nitrogen and oxygen atoms in total. The van der Waals surface area contributed by atoms with Crippen molar-refractivity contribution < 1.29 is 26.4 Å². The lowest BCUT2D eigenvalue weighted by molar-refractivity contribution is -0.164. The number of piperidine rings is 1. The lowest BCUT2D eigenvalue weighted by atomic mass is 9.81. The summed E-state index contributed by atoms with van der Waals surface area (Å²) in [6, 6.07) is 4.04. The number of para-hydroxylation sites is 2. The van der Waals surface area contributed by atoms with E-state index < -0.39 is 39.6 Å². The van der Waals surface area contributed by atoms with E-state index in [0.717, 1.165) is 44.9 Å². The van der Waals surface area contributed by atoms with Crippen LogP contribution in [0, 0.1) is 5.92 Å². The predicted octanol–water partition coefficient (Wildman–Crippen LogP) is 4.99. The number of hydrogen-bond donors (Lipinski definition) is 1. The Labute approximate surface area is 206 Å². The van der Waals surface area contributed by atoms with E-state index in [9.17, 15) is 26.4 Å². The molecule has 2 aliphatic heterocycles. The van der Waals surface area contributed by atoms with Crippen LogP contribution in [0.2, 0.25) is 0 Å². The number of amides is 1. The van der Waals surface area contributed by atoms with E-state index in [0.29, 0.717) is 11.4 Å². The summed E-state index contributed by atoms with van der Waals surface area (Å²) >= 11 is 0. The van der Waals surface area contributed by atoms with Gasteiger partial charge in [0.05, 0.1) is 29.2 Å².